The summed E-state index contributed by atoms with van der Waals surface area (Å²) >= 11 is 0. The molecule has 0 saturated heterocycles. The van der Waals surface area contributed by atoms with E-state index in [-0.39, 0.29) is 11.7 Å². The van der Waals surface area contributed by atoms with Gasteiger partial charge in [0.25, 0.3) is 0 Å². The second kappa shape index (κ2) is 6.13. The molecule has 5 atom stereocenters. The summed E-state index contributed by atoms with van der Waals surface area (Å²) < 4.78 is 11.5. The van der Waals surface area contributed by atoms with Crippen LogP contribution in [0.3, 0.4) is 0 Å². The number of allylic oxidation sites excluding steroid dienone is 1. The van der Waals surface area contributed by atoms with Crippen LogP contribution in [0.2, 0.25) is 0 Å². The van der Waals surface area contributed by atoms with Crippen molar-refractivity contribution in [2.45, 2.75) is 59.7 Å². The van der Waals surface area contributed by atoms with E-state index in [1.165, 1.54) is 0 Å². The summed E-state index contributed by atoms with van der Waals surface area (Å²) in [5.41, 5.74) is 1.39. The molecule has 1 heterocycles. The largest absolute Gasteiger partial charge is 0.466 e. The summed E-state index contributed by atoms with van der Waals surface area (Å²) in [7, 11) is 0. The topological polar surface area (TPSA) is 76.7 Å². The van der Waals surface area contributed by atoms with Crippen molar-refractivity contribution >= 4 is 11.8 Å². The summed E-state index contributed by atoms with van der Waals surface area (Å²) in [6.07, 6.45) is 2.81. The molecule has 5 nitrogen and oxygen atoms in total. The molecule has 1 aromatic rings. The molecule has 0 spiro atoms. The Morgan fingerprint density at radius 3 is 2.80 bits per heavy atom. The zero-order valence-electron chi connectivity index (χ0n) is 15.5. The third-order valence-corrected chi connectivity index (χ3v) is 6.35. The van der Waals surface area contributed by atoms with Crippen LogP contribution in [0.1, 0.15) is 69.6 Å². The molecule has 0 aromatic carbocycles. The van der Waals surface area contributed by atoms with E-state index in [0.29, 0.717) is 23.3 Å². The first-order valence-electron chi connectivity index (χ1n) is 8.86. The Hall–Kier alpha value is -1.88. The zero-order valence-corrected chi connectivity index (χ0v) is 15.5. The van der Waals surface area contributed by atoms with Crippen molar-refractivity contribution in [3.63, 3.8) is 0 Å². The van der Waals surface area contributed by atoms with Gasteiger partial charge in [-0.3, -0.25) is 4.79 Å². The predicted molar refractivity (Wildman–Crippen MR) is 91.7 cm³/mol. The van der Waals surface area contributed by atoms with Gasteiger partial charge in [0.05, 0.1) is 12.2 Å². The van der Waals surface area contributed by atoms with Crippen LogP contribution >= 0.6 is 0 Å². The van der Waals surface area contributed by atoms with Gasteiger partial charge in [0.15, 0.2) is 0 Å². The Balaban J connectivity index is 2.17. The number of Topliss-reactive ketones (excluding diaryl/α,β-unsaturated/α-hetero) is 1. The molecule has 3 rings (SSSR count). The number of esters is 1. The molecule has 5 heteroatoms. The highest BCUT2D eigenvalue weighted by atomic mass is 16.5. The van der Waals surface area contributed by atoms with E-state index in [1.807, 2.05) is 13.8 Å². The molecule has 25 heavy (non-hydrogen) atoms. The van der Waals surface area contributed by atoms with E-state index in [4.69, 9.17) is 9.15 Å². The molecule has 0 bridgehead atoms. The molecule has 0 amide bonds. The summed E-state index contributed by atoms with van der Waals surface area (Å²) in [6.45, 7) is 9.39. The molecule has 0 aliphatic heterocycles. The minimum atomic E-state index is -0.998. The number of aryl methyl sites for hydroxylation is 1. The van der Waals surface area contributed by atoms with E-state index in [0.717, 1.165) is 12.0 Å². The van der Waals surface area contributed by atoms with Crippen LogP contribution < -0.4 is 0 Å². The maximum Gasteiger partial charge on any atom is 0.334 e. The van der Waals surface area contributed by atoms with Gasteiger partial charge >= 0.3 is 5.97 Å². The monoisotopic (exact) mass is 346 g/mol. The highest BCUT2D eigenvalue weighted by Crippen LogP contribution is 2.61. The van der Waals surface area contributed by atoms with Gasteiger partial charge in [0.2, 0.25) is 0 Å². The lowest BCUT2D eigenvalue weighted by Gasteiger charge is -2.53. The zero-order chi connectivity index (χ0) is 18.5. The number of rotatable bonds is 2. The number of aliphatic hydroxyl groups is 1. The Labute approximate surface area is 148 Å². The van der Waals surface area contributed by atoms with Crippen LogP contribution in [0.25, 0.3) is 0 Å². The van der Waals surface area contributed by atoms with Crippen LogP contribution in [0.4, 0.5) is 0 Å². The molecule has 1 saturated carbocycles. The number of fused-ring (bicyclic) bond motifs is 2. The fraction of sp³-hybridized carbons (Fsp3) is 0.600. The van der Waals surface area contributed by atoms with Gasteiger partial charge in [-0.25, -0.2) is 4.79 Å². The van der Waals surface area contributed by atoms with Gasteiger partial charge in [-0.1, -0.05) is 19.9 Å². The van der Waals surface area contributed by atoms with E-state index in [2.05, 4.69) is 6.92 Å². The molecule has 1 N–H and O–H groups in total. The number of ether oxygens (including phenoxy) is 1. The molecule has 2 aliphatic rings. The van der Waals surface area contributed by atoms with Gasteiger partial charge in [0, 0.05) is 23.0 Å². The van der Waals surface area contributed by atoms with E-state index >= 15 is 0 Å². The lowest BCUT2D eigenvalue weighted by Crippen LogP contribution is -2.53. The fourth-order valence-corrected chi connectivity index (χ4v) is 4.42. The summed E-state index contributed by atoms with van der Waals surface area (Å²) in [4.78, 5) is 25.2. The van der Waals surface area contributed by atoms with E-state index in [1.54, 1.807) is 26.2 Å². The fourth-order valence-electron chi connectivity index (χ4n) is 4.42. The van der Waals surface area contributed by atoms with Crippen LogP contribution in [0, 0.1) is 24.2 Å². The second-order valence-electron chi connectivity index (χ2n) is 7.65. The number of carbonyl (C=O) groups excluding carboxylic acids is 2. The van der Waals surface area contributed by atoms with Crippen LogP contribution in [0.15, 0.2) is 22.3 Å². The molecule has 0 radical (unpaired) electrons. The lowest BCUT2D eigenvalue weighted by molar-refractivity contribution is -0.181. The summed E-state index contributed by atoms with van der Waals surface area (Å²) in [5, 5.41) is 10.9. The van der Waals surface area contributed by atoms with Crippen molar-refractivity contribution in [2.75, 3.05) is 0 Å². The number of aliphatic hydroxyl groups excluding tert-OH is 1. The van der Waals surface area contributed by atoms with Gasteiger partial charge < -0.3 is 14.3 Å². The minimum Gasteiger partial charge on any atom is -0.466 e. The van der Waals surface area contributed by atoms with E-state index in [9.17, 15) is 14.7 Å². The quantitative estimate of drug-likeness (QED) is 0.651. The average molecular weight is 346 g/mol. The number of furan rings is 1. The average Bonchev–Trinajstić information content (AvgIpc) is 2.96. The second-order valence-corrected chi connectivity index (χ2v) is 7.65. The van der Waals surface area contributed by atoms with E-state index < -0.39 is 29.5 Å². The normalized spacial score (nSPS) is 35.1. The Kier molecular flexibility index (Phi) is 4.40. The maximum atomic E-state index is 12.7. The van der Waals surface area contributed by atoms with Crippen molar-refractivity contribution in [3.05, 3.63) is 34.8 Å². The Morgan fingerprint density at radius 1 is 1.48 bits per heavy atom. The van der Waals surface area contributed by atoms with Crippen molar-refractivity contribution < 1.29 is 23.8 Å². The lowest BCUT2D eigenvalue weighted by atomic mass is 9.53. The Bertz CT molecular complexity index is 743. The predicted octanol–water partition coefficient (Wildman–Crippen LogP) is 3.81. The number of hydrogen-bond donors (Lipinski definition) is 1. The first-order valence-corrected chi connectivity index (χ1v) is 8.86. The van der Waals surface area contributed by atoms with Crippen molar-refractivity contribution in [1.82, 2.24) is 0 Å². The number of ketones is 1. The first kappa shape index (κ1) is 17.9. The standard InChI is InChI=1S/C20H26O5/c1-6-10(2)19(23)25-18-14-11(3)9-24-17(14)16(22)15-13(21)8-7-12(4)20(15,18)5/h6,9,12,15-16,18,22H,7-8H2,1-5H3/t12-,15+,16+,18+,20+/m0/s1. The third kappa shape index (κ3) is 2.48. The molecule has 2 aliphatic carbocycles. The van der Waals surface area contributed by atoms with Crippen molar-refractivity contribution in [2.24, 2.45) is 17.3 Å². The number of hydrogen-bond acceptors (Lipinski definition) is 5. The molecular formula is C20H26O5. The SMILES string of the molecule is CC=C(C)C(=O)O[C@@H]1c2c(C)coc2[C@H](O)[C@H]2C(=O)CC[C@H](C)[C@@]12C. The highest BCUT2D eigenvalue weighted by molar-refractivity contribution is 5.88. The van der Waals surface area contributed by atoms with Crippen molar-refractivity contribution in [1.29, 1.82) is 0 Å². The van der Waals surface area contributed by atoms with Crippen molar-refractivity contribution in [3.8, 4) is 0 Å². The van der Waals surface area contributed by atoms with Crippen LogP contribution in [-0.2, 0) is 14.3 Å². The van der Waals surface area contributed by atoms with Gasteiger partial charge in [0.1, 0.15) is 23.8 Å². The van der Waals surface area contributed by atoms with Crippen LogP contribution in [-0.4, -0.2) is 16.9 Å². The highest BCUT2D eigenvalue weighted by Gasteiger charge is 2.61. The minimum absolute atomic E-state index is 0.0107. The summed E-state index contributed by atoms with van der Waals surface area (Å²) in [5.74, 6) is -0.537. The number of carbonyl (C=O) groups is 2. The third-order valence-electron chi connectivity index (χ3n) is 6.35. The Morgan fingerprint density at radius 2 is 2.16 bits per heavy atom. The molecule has 0 unspecified atom stereocenters. The molecule has 1 fully saturated rings. The molecule has 1 aromatic heterocycles. The van der Waals surface area contributed by atoms with Gasteiger partial charge in [-0.05, 0) is 38.7 Å². The smallest absolute Gasteiger partial charge is 0.334 e. The molecule has 136 valence electrons. The first-order chi connectivity index (χ1) is 11.7. The van der Waals surface area contributed by atoms with Gasteiger partial charge in [-0.15, -0.1) is 0 Å². The van der Waals surface area contributed by atoms with Crippen LogP contribution in [0.5, 0.6) is 0 Å². The van der Waals surface area contributed by atoms with Gasteiger partial charge in [-0.2, -0.15) is 0 Å². The maximum absolute atomic E-state index is 12.7. The molecular weight excluding hydrogens is 320 g/mol. The summed E-state index contributed by atoms with van der Waals surface area (Å²) in [6, 6.07) is 0.